The van der Waals surface area contributed by atoms with Crippen molar-refractivity contribution in [3.05, 3.63) is 23.8 Å². The van der Waals surface area contributed by atoms with E-state index in [0.29, 0.717) is 6.54 Å². The fourth-order valence-electron chi connectivity index (χ4n) is 7.30. The predicted octanol–water partition coefficient (Wildman–Crippen LogP) is 16.0. The molecule has 0 saturated heterocycles. The van der Waals surface area contributed by atoms with E-state index in [1.165, 1.54) is 218 Å². The van der Waals surface area contributed by atoms with Crippen LogP contribution in [0.3, 0.4) is 0 Å². The molecule has 1 rings (SSSR count). The first kappa shape index (κ1) is 46.8. The van der Waals surface area contributed by atoms with Gasteiger partial charge < -0.3 is 15.2 Å². The van der Waals surface area contributed by atoms with Gasteiger partial charge in [0.25, 0.3) is 0 Å². The third-order valence-electron chi connectivity index (χ3n) is 10.7. The summed E-state index contributed by atoms with van der Waals surface area (Å²) in [5.74, 6) is 1.82. The highest BCUT2D eigenvalue weighted by Gasteiger charge is 2.04. The molecule has 0 atom stereocenters. The average Bonchev–Trinajstić information content (AvgIpc) is 3.13. The van der Waals surface area contributed by atoms with Crippen LogP contribution in [0.25, 0.3) is 0 Å². The molecular formula is C47H89NO2. The normalized spacial score (nSPS) is 11.4. The number of hydrogen-bond acceptors (Lipinski definition) is 3. The van der Waals surface area contributed by atoms with Crippen LogP contribution in [0.2, 0.25) is 0 Å². The molecule has 3 nitrogen and oxygen atoms in total. The van der Waals surface area contributed by atoms with E-state index in [1.54, 1.807) is 0 Å². The van der Waals surface area contributed by atoms with Gasteiger partial charge in [0.1, 0.15) is 11.5 Å². The fourth-order valence-corrected chi connectivity index (χ4v) is 7.30. The molecular weight excluding hydrogens is 611 g/mol. The summed E-state index contributed by atoms with van der Waals surface area (Å²) in [5.41, 5.74) is 7.07. The standard InChI is InChI=1S/C47H89NO2/c1-3-5-7-9-11-13-15-17-19-21-23-25-27-29-31-33-35-37-39-49-46-41-45(44-48)42-47(43-46)50-40-38-36-34-32-30-28-26-24-22-20-18-16-14-12-10-8-6-4-2/h41-43H,3-40,44,48H2,1-2H3. The van der Waals surface area contributed by atoms with Crippen LogP contribution in [0.15, 0.2) is 18.2 Å². The average molecular weight is 700 g/mol. The zero-order chi connectivity index (χ0) is 35.8. The summed E-state index contributed by atoms with van der Waals surface area (Å²) in [7, 11) is 0. The number of nitrogens with two attached hydrogens (primary N) is 1. The van der Waals surface area contributed by atoms with Crippen LogP contribution in [0.5, 0.6) is 11.5 Å². The molecule has 1 aromatic rings. The maximum Gasteiger partial charge on any atom is 0.123 e. The molecule has 0 unspecified atom stereocenters. The van der Waals surface area contributed by atoms with Gasteiger partial charge in [-0.2, -0.15) is 0 Å². The van der Waals surface area contributed by atoms with Crippen molar-refractivity contribution >= 4 is 0 Å². The Bertz CT molecular complexity index is 735. The Hall–Kier alpha value is -1.22. The lowest BCUT2D eigenvalue weighted by molar-refractivity contribution is 0.289. The Balaban J connectivity index is 1.91. The van der Waals surface area contributed by atoms with Crippen molar-refractivity contribution in [2.24, 2.45) is 5.73 Å². The highest BCUT2D eigenvalue weighted by atomic mass is 16.5. The van der Waals surface area contributed by atoms with Gasteiger partial charge in [-0.05, 0) is 30.5 Å². The Morgan fingerprint density at radius 3 is 0.760 bits per heavy atom. The summed E-state index contributed by atoms with van der Waals surface area (Å²) < 4.78 is 12.3. The Morgan fingerprint density at radius 1 is 0.320 bits per heavy atom. The Kier molecular flexibility index (Phi) is 36.5. The topological polar surface area (TPSA) is 44.5 Å². The summed E-state index contributed by atoms with van der Waals surface area (Å²) in [4.78, 5) is 0. The summed E-state index contributed by atoms with van der Waals surface area (Å²) in [6.07, 6.45) is 50.4. The molecule has 3 heteroatoms. The SMILES string of the molecule is CCCCCCCCCCCCCCCCCCCCOc1cc(CN)cc(OCCCCCCCCCCCCCCCCCCCC)c1. The second-order valence-corrected chi connectivity index (χ2v) is 15.7. The van der Waals surface area contributed by atoms with Crippen LogP contribution in [0.1, 0.15) is 251 Å². The van der Waals surface area contributed by atoms with Crippen molar-refractivity contribution in [1.82, 2.24) is 0 Å². The van der Waals surface area contributed by atoms with Gasteiger partial charge >= 0.3 is 0 Å². The summed E-state index contributed by atoms with van der Waals surface area (Å²) in [5, 5.41) is 0. The van der Waals surface area contributed by atoms with Gasteiger partial charge in [-0.1, -0.05) is 232 Å². The third-order valence-corrected chi connectivity index (χ3v) is 10.7. The van der Waals surface area contributed by atoms with E-state index in [4.69, 9.17) is 15.2 Å². The largest absolute Gasteiger partial charge is 0.493 e. The van der Waals surface area contributed by atoms with Crippen LogP contribution in [0.4, 0.5) is 0 Å². The zero-order valence-corrected chi connectivity index (χ0v) is 34.2. The van der Waals surface area contributed by atoms with Crippen LogP contribution in [0, 0.1) is 0 Å². The molecule has 0 aliphatic rings. The molecule has 0 aromatic heterocycles. The first-order chi connectivity index (χ1) is 24.8. The van der Waals surface area contributed by atoms with Gasteiger partial charge in [-0.15, -0.1) is 0 Å². The van der Waals surface area contributed by atoms with Gasteiger partial charge in [0, 0.05) is 12.6 Å². The quantitative estimate of drug-likeness (QED) is 0.0692. The van der Waals surface area contributed by atoms with Crippen LogP contribution in [-0.4, -0.2) is 13.2 Å². The summed E-state index contributed by atoms with van der Waals surface area (Å²) >= 11 is 0. The number of ether oxygens (including phenoxy) is 2. The molecule has 0 heterocycles. The van der Waals surface area contributed by atoms with Crippen molar-refractivity contribution in [3.8, 4) is 11.5 Å². The highest BCUT2D eigenvalue weighted by Crippen LogP contribution is 2.24. The molecule has 50 heavy (non-hydrogen) atoms. The molecule has 0 radical (unpaired) electrons. The molecule has 0 aliphatic heterocycles. The molecule has 2 N–H and O–H groups in total. The third kappa shape index (κ3) is 32.7. The molecule has 294 valence electrons. The molecule has 0 aliphatic carbocycles. The van der Waals surface area contributed by atoms with E-state index < -0.39 is 0 Å². The monoisotopic (exact) mass is 700 g/mol. The number of rotatable bonds is 41. The summed E-state index contributed by atoms with van der Waals surface area (Å²) in [6, 6.07) is 6.22. The fraction of sp³-hybridized carbons (Fsp3) is 0.872. The second kappa shape index (κ2) is 39.0. The maximum absolute atomic E-state index is 6.13. The van der Waals surface area contributed by atoms with Gasteiger partial charge in [-0.3, -0.25) is 0 Å². The lowest BCUT2D eigenvalue weighted by Gasteiger charge is -2.12. The minimum atomic E-state index is 0.520. The Morgan fingerprint density at radius 2 is 0.540 bits per heavy atom. The van der Waals surface area contributed by atoms with E-state index in [2.05, 4.69) is 32.0 Å². The Labute approximate surface area is 314 Å². The molecule has 0 amide bonds. The van der Waals surface area contributed by atoms with Crippen molar-refractivity contribution < 1.29 is 9.47 Å². The number of hydrogen-bond donors (Lipinski definition) is 1. The van der Waals surface area contributed by atoms with Crippen molar-refractivity contribution in [3.63, 3.8) is 0 Å². The van der Waals surface area contributed by atoms with Gasteiger partial charge in [0.05, 0.1) is 13.2 Å². The lowest BCUT2D eigenvalue weighted by atomic mass is 10.0. The predicted molar refractivity (Wildman–Crippen MR) is 223 cm³/mol. The van der Waals surface area contributed by atoms with Crippen molar-refractivity contribution in [1.29, 1.82) is 0 Å². The number of unbranched alkanes of at least 4 members (excludes halogenated alkanes) is 34. The minimum Gasteiger partial charge on any atom is -0.493 e. The number of benzene rings is 1. The molecule has 1 aromatic carbocycles. The molecule has 0 spiro atoms. The van der Waals surface area contributed by atoms with Crippen molar-refractivity contribution in [2.75, 3.05) is 13.2 Å². The molecule has 0 saturated carbocycles. The van der Waals surface area contributed by atoms with Gasteiger partial charge in [0.15, 0.2) is 0 Å². The van der Waals surface area contributed by atoms with Crippen LogP contribution < -0.4 is 15.2 Å². The van der Waals surface area contributed by atoms with E-state index in [0.717, 1.165) is 43.1 Å². The van der Waals surface area contributed by atoms with E-state index in [9.17, 15) is 0 Å². The van der Waals surface area contributed by atoms with Gasteiger partial charge in [-0.25, -0.2) is 0 Å². The molecule has 0 bridgehead atoms. The summed E-state index contributed by atoms with van der Waals surface area (Å²) in [6.45, 7) is 6.69. The van der Waals surface area contributed by atoms with Crippen molar-refractivity contribution in [2.45, 2.75) is 252 Å². The van der Waals surface area contributed by atoms with E-state index in [-0.39, 0.29) is 0 Å². The lowest BCUT2D eigenvalue weighted by Crippen LogP contribution is -2.03. The smallest absolute Gasteiger partial charge is 0.123 e. The van der Waals surface area contributed by atoms with E-state index >= 15 is 0 Å². The molecule has 0 fully saturated rings. The first-order valence-electron chi connectivity index (χ1n) is 22.9. The van der Waals surface area contributed by atoms with E-state index in [1.807, 2.05) is 0 Å². The maximum atomic E-state index is 6.13. The second-order valence-electron chi connectivity index (χ2n) is 15.7. The van der Waals surface area contributed by atoms with Crippen LogP contribution in [-0.2, 0) is 6.54 Å². The first-order valence-corrected chi connectivity index (χ1v) is 22.9. The van der Waals surface area contributed by atoms with Gasteiger partial charge in [0.2, 0.25) is 0 Å². The highest BCUT2D eigenvalue weighted by molar-refractivity contribution is 5.38. The van der Waals surface area contributed by atoms with Crippen LogP contribution >= 0.6 is 0 Å². The minimum absolute atomic E-state index is 0.520. The zero-order valence-electron chi connectivity index (χ0n) is 34.2.